The zero-order valence-electron chi connectivity index (χ0n) is 11.9. The molecule has 3 fully saturated rings. The number of allylic oxidation sites excluding steroid dienone is 4. The topological polar surface area (TPSA) is 17.1 Å². The van der Waals surface area contributed by atoms with Crippen molar-refractivity contribution in [2.75, 3.05) is 0 Å². The predicted octanol–water partition coefficient (Wildman–Crippen LogP) is 4.29. The van der Waals surface area contributed by atoms with E-state index in [1.165, 1.54) is 56.1 Å². The smallest absolute Gasteiger partial charge is 0.178 e. The van der Waals surface area contributed by atoms with Crippen LogP contribution in [0.5, 0.6) is 0 Å². The summed E-state index contributed by atoms with van der Waals surface area (Å²) in [7, 11) is 0. The van der Waals surface area contributed by atoms with Gasteiger partial charge < -0.3 is 0 Å². The quantitative estimate of drug-likeness (QED) is 0.631. The Morgan fingerprint density at radius 1 is 0.947 bits per heavy atom. The highest BCUT2D eigenvalue weighted by Crippen LogP contribution is 2.56. The van der Waals surface area contributed by atoms with Gasteiger partial charge in [-0.1, -0.05) is 24.0 Å². The van der Waals surface area contributed by atoms with E-state index in [0.717, 1.165) is 23.7 Å². The van der Waals surface area contributed by atoms with Crippen LogP contribution < -0.4 is 0 Å². The molecule has 4 aliphatic carbocycles. The molecule has 5 atom stereocenters. The van der Waals surface area contributed by atoms with E-state index in [4.69, 9.17) is 0 Å². The first-order valence-electron chi connectivity index (χ1n) is 8.16. The van der Waals surface area contributed by atoms with E-state index in [1.807, 2.05) is 12.2 Å². The fourth-order valence-corrected chi connectivity index (χ4v) is 5.86. The molecule has 4 rings (SSSR count). The van der Waals surface area contributed by atoms with E-state index in [0.29, 0.717) is 5.92 Å². The summed E-state index contributed by atoms with van der Waals surface area (Å²) in [5, 5.41) is 0. The van der Waals surface area contributed by atoms with Gasteiger partial charge in [-0.15, -0.1) is 0 Å². The van der Waals surface area contributed by atoms with Crippen molar-refractivity contribution in [3.63, 3.8) is 0 Å². The summed E-state index contributed by atoms with van der Waals surface area (Å²) in [5.41, 5.74) is 2.82. The highest BCUT2D eigenvalue weighted by atomic mass is 16.1. The van der Waals surface area contributed by atoms with E-state index < -0.39 is 0 Å². The molecule has 0 spiro atoms. The molecule has 19 heavy (non-hydrogen) atoms. The molecule has 0 aromatic rings. The summed E-state index contributed by atoms with van der Waals surface area (Å²) in [6.07, 6.45) is 13.7. The van der Waals surface area contributed by atoms with Crippen LogP contribution in [-0.4, -0.2) is 5.78 Å². The molecule has 5 unspecified atom stereocenters. The van der Waals surface area contributed by atoms with E-state index in [9.17, 15) is 4.79 Å². The van der Waals surface area contributed by atoms with Crippen LogP contribution in [0.4, 0.5) is 0 Å². The van der Waals surface area contributed by atoms with Gasteiger partial charge in [-0.2, -0.15) is 0 Å². The number of ketones is 1. The molecule has 0 aliphatic heterocycles. The van der Waals surface area contributed by atoms with Crippen molar-refractivity contribution in [3.05, 3.63) is 23.3 Å². The highest BCUT2D eigenvalue weighted by Gasteiger charge is 2.47. The van der Waals surface area contributed by atoms with Crippen LogP contribution in [0.2, 0.25) is 0 Å². The summed E-state index contributed by atoms with van der Waals surface area (Å²) in [6.45, 7) is 2.19. The molecule has 4 aliphatic rings. The summed E-state index contributed by atoms with van der Waals surface area (Å²) >= 11 is 0. The first kappa shape index (κ1) is 11.9. The monoisotopic (exact) mass is 256 g/mol. The third-order valence-corrected chi connectivity index (χ3v) is 6.47. The second-order valence-electron chi connectivity index (χ2n) is 7.29. The Hall–Kier alpha value is -0.850. The van der Waals surface area contributed by atoms with E-state index in [-0.39, 0.29) is 5.78 Å². The number of hydrogen-bond donors (Lipinski definition) is 0. The zero-order chi connectivity index (χ0) is 13.0. The number of carbonyl (C=O) groups excluding carboxylic acids is 1. The Morgan fingerprint density at radius 3 is 2.74 bits per heavy atom. The Kier molecular flexibility index (Phi) is 2.72. The molecule has 0 N–H and O–H groups in total. The molecule has 0 radical (unpaired) electrons. The van der Waals surface area contributed by atoms with Gasteiger partial charge in [-0.25, -0.2) is 0 Å². The molecular weight excluding hydrogens is 232 g/mol. The van der Waals surface area contributed by atoms with Gasteiger partial charge in [0.05, 0.1) is 0 Å². The Morgan fingerprint density at radius 2 is 1.84 bits per heavy atom. The van der Waals surface area contributed by atoms with Crippen LogP contribution >= 0.6 is 0 Å². The van der Waals surface area contributed by atoms with Gasteiger partial charge in [-0.3, -0.25) is 4.79 Å². The minimum atomic E-state index is 0.233. The largest absolute Gasteiger partial charge is 0.290 e. The minimum absolute atomic E-state index is 0.233. The Labute approximate surface area is 116 Å². The van der Waals surface area contributed by atoms with Crippen LogP contribution in [0, 0.1) is 29.6 Å². The molecule has 1 nitrogen and oxygen atoms in total. The summed E-state index contributed by atoms with van der Waals surface area (Å²) in [5.74, 6) is 4.73. The van der Waals surface area contributed by atoms with Crippen molar-refractivity contribution in [3.8, 4) is 0 Å². The molecule has 0 saturated heterocycles. The van der Waals surface area contributed by atoms with E-state index in [1.54, 1.807) is 0 Å². The van der Waals surface area contributed by atoms with Gasteiger partial charge in [0.1, 0.15) is 0 Å². The average Bonchev–Trinajstić information content (AvgIpc) is 2.85. The van der Waals surface area contributed by atoms with Crippen molar-refractivity contribution in [2.24, 2.45) is 29.6 Å². The Bertz CT molecular complexity index is 470. The minimum Gasteiger partial charge on any atom is -0.290 e. The second kappa shape index (κ2) is 4.33. The fourth-order valence-electron chi connectivity index (χ4n) is 5.86. The lowest BCUT2D eigenvalue weighted by Gasteiger charge is -2.49. The summed E-state index contributed by atoms with van der Waals surface area (Å²) in [4.78, 5) is 11.7. The maximum absolute atomic E-state index is 11.7. The molecule has 102 valence electrons. The van der Waals surface area contributed by atoms with Crippen molar-refractivity contribution in [1.29, 1.82) is 0 Å². The van der Waals surface area contributed by atoms with Gasteiger partial charge in [-0.05, 0) is 74.9 Å². The molecule has 0 heterocycles. The Balaban J connectivity index is 1.66. The highest BCUT2D eigenvalue weighted by molar-refractivity contribution is 6.01. The van der Waals surface area contributed by atoms with Gasteiger partial charge in [0.2, 0.25) is 0 Å². The maximum Gasteiger partial charge on any atom is 0.178 e. The molecule has 1 heteroatoms. The third-order valence-electron chi connectivity index (χ3n) is 6.47. The lowest BCUT2D eigenvalue weighted by Crippen LogP contribution is -2.41. The number of carbonyl (C=O) groups is 1. The van der Waals surface area contributed by atoms with Gasteiger partial charge in [0, 0.05) is 5.92 Å². The normalized spacial score (nSPS) is 44.9. The van der Waals surface area contributed by atoms with Gasteiger partial charge >= 0.3 is 0 Å². The lowest BCUT2D eigenvalue weighted by molar-refractivity contribution is -0.110. The molecule has 0 aromatic heterocycles. The molecule has 0 amide bonds. The van der Waals surface area contributed by atoms with Crippen molar-refractivity contribution in [1.82, 2.24) is 0 Å². The van der Waals surface area contributed by atoms with Crippen molar-refractivity contribution in [2.45, 2.75) is 51.9 Å². The first-order valence-corrected chi connectivity index (χ1v) is 8.16. The summed E-state index contributed by atoms with van der Waals surface area (Å²) in [6, 6.07) is 0. The van der Waals surface area contributed by atoms with Gasteiger partial charge in [0.25, 0.3) is 0 Å². The SMILES string of the molecule is CC1=CC(=O)C=C2CCC3C4CCCC4CCC3C12. The van der Waals surface area contributed by atoms with Crippen LogP contribution in [-0.2, 0) is 4.79 Å². The average molecular weight is 256 g/mol. The molecule has 3 saturated carbocycles. The van der Waals surface area contributed by atoms with E-state index >= 15 is 0 Å². The van der Waals surface area contributed by atoms with Crippen LogP contribution in [0.25, 0.3) is 0 Å². The van der Waals surface area contributed by atoms with Crippen LogP contribution in [0.1, 0.15) is 51.9 Å². The van der Waals surface area contributed by atoms with Crippen molar-refractivity contribution >= 4 is 5.78 Å². The fraction of sp³-hybridized carbons (Fsp3) is 0.722. The second-order valence-corrected chi connectivity index (χ2v) is 7.29. The van der Waals surface area contributed by atoms with E-state index in [2.05, 4.69) is 6.92 Å². The number of hydrogen-bond acceptors (Lipinski definition) is 1. The van der Waals surface area contributed by atoms with Gasteiger partial charge in [0.15, 0.2) is 5.78 Å². The molecule has 0 aromatic carbocycles. The third kappa shape index (κ3) is 1.77. The van der Waals surface area contributed by atoms with Crippen LogP contribution in [0.3, 0.4) is 0 Å². The predicted molar refractivity (Wildman–Crippen MR) is 76.6 cm³/mol. The standard InChI is InChI=1S/C18H24O/c1-11-9-14(19)10-13-6-7-16-15-4-2-3-12(15)5-8-17(16)18(11)13/h9-10,12,15-18H,2-8H2,1H3. The maximum atomic E-state index is 11.7. The molecule has 0 bridgehead atoms. The summed E-state index contributed by atoms with van der Waals surface area (Å²) < 4.78 is 0. The zero-order valence-corrected chi connectivity index (χ0v) is 11.9. The van der Waals surface area contributed by atoms with Crippen LogP contribution in [0.15, 0.2) is 23.3 Å². The molecular formula is C18H24O. The number of fused-ring (bicyclic) bond motifs is 5. The lowest BCUT2D eigenvalue weighted by atomic mass is 9.56. The first-order chi connectivity index (χ1) is 9.24. The number of rotatable bonds is 0. The van der Waals surface area contributed by atoms with Crippen molar-refractivity contribution < 1.29 is 4.79 Å².